The number of hydrogen-bond acceptors (Lipinski definition) is 4. The van der Waals surface area contributed by atoms with E-state index in [0.29, 0.717) is 6.04 Å². The van der Waals surface area contributed by atoms with Crippen molar-refractivity contribution in [3.05, 3.63) is 17.5 Å². The van der Waals surface area contributed by atoms with Crippen LogP contribution >= 0.6 is 0 Å². The van der Waals surface area contributed by atoms with Crippen LogP contribution < -0.4 is 10.6 Å². The second-order valence-corrected chi connectivity index (χ2v) is 4.04. The molecule has 84 valence electrons. The first-order valence-electron chi connectivity index (χ1n) is 5.77. The number of nitrogens with zero attached hydrogens (tertiary/aromatic N) is 1. The zero-order valence-corrected chi connectivity index (χ0v) is 9.25. The van der Waals surface area contributed by atoms with Gasteiger partial charge in [-0.2, -0.15) is 0 Å². The molecule has 1 aromatic rings. The molecule has 0 aliphatic carbocycles. The standard InChI is InChI=1S/C11H19N3O/c1-2-11-7-10(14-15-11)8-13-9-3-5-12-6-4-9/h7,9,12-13H,2-6,8H2,1H3. The Morgan fingerprint density at radius 1 is 1.53 bits per heavy atom. The summed E-state index contributed by atoms with van der Waals surface area (Å²) in [4.78, 5) is 0. The molecule has 4 nitrogen and oxygen atoms in total. The molecular weight excluding hydrogens is 190 g/mol. The van der Waals surface area contributed by atoms with Crippen LogP contribution in [0.5, 0.6) is 0 Å². The Kier molecular flexibility index (Phi) is 3.75. The average Bonchev–Trinajstić information content (AvgIpc) is 2.76. The van der Waals surface area contributed by atoms with Crippen LogP contribution in [0.2, 0.25) is 0 Å². The van der Waals surface area contributed by atoms with Crippen LogP contribution in [0.15, 0.2) is 10.6 Å². The first-order valence-corrected chi connectivity index (χ1v) is 5.77. The maximum atomic E-state index is 5.15. The van der Waals surface area contributed by atoms with E-state index in [1.807, 2.05) is 6.07 Å². The van der Waals surface area contributed by atoms with E-state index in [1.54, 1.807) is 0 Å². The molecule has 0 aromatic carbocycles. The molecule has 0 unspecified atom stereocenters. The zero-order chi connectivity index (χ0) is 10.5. The second-order valence-electron chi connectivity index (χ2n) is 4.04. The van der Waals surface area contributed by atoms with E-state index < -0.39 is 0 Å². The summed E-state index contributed by atoms with van der Waals surface area (Å²) in [6.07, 6.45) is 3.33. The van der Waals surface area contributed by atoms with Gasteiger partial charge in [-0.1, -0.05) is 12.1 Å². The van der Waals surface area contributed by atoms with E-state index in [1.165, 1.54) is 12.8 Å². The highest BCUT2D eigenvalue weighted by Gasteiger charge is 2.12. The topological polar surface area (TPSA) is 50.1 Å². The molecule has 0 saturated carbocycles. The normalized spacial score (nSPS) is 18.2. The van der Waals surface area contributed by atoms with Crippen LogP contribution in [0.4, 0.5) is 0 Å². The van der Waals surface area contributed by atoms with Gasteiger partial charge >= 0.3 is 0 Å². The molecule has 0 spiro atoms. The summed E-state index contributed by atoms with van der Waals surface area (Å²) in [6.45, 7) is 5.14. The molecule has 1 aromatic heterocycles. The van der Waals surface area contributed by atoms with Crippen molar-refractivity contribution in [2.24, 2.45) is 0 Å². The maximum absolute atomic E-state index is 5.15. The van der Waals surface area contributed by atoms with Gasteiger partial charge in [0.05, 0.1) is 5.69 Å². The molecule has 2 rings (SSSR count). The van der Waals surface area contributed by atoms with Crippen molar-refractivity contribution in [1.29, 1.82) is 0 Å². The van der Waals surface area contributed by atoms with E-state index in [-0.39, 0.29) is 0 Å². The number of aryl methyl sites for hydroxylation is 1. The highest BCUT2D eigenvalue weighted by Crippen LogP contribution is 2.06. The van der Waals surface area contributed by atoms with Gasteiger partial charge in [-0.25, -0.2) is 0 Å². The SMILES string of the molecule is CCc1cc(CNC2CCNCC2)no1. The number of aromatic nitrogens is 1. The number of nitrogens with one attached hydrogen (secondary N) is 2. The average molecular weight is 209 g/mol. The first-order chi connectivity index (χ1) is 7.38. The van der Waals surface area contributed by atoms with E-state index in [9.17, 15) is 0 Å². The molecule has 0 bridgehead atoms. The number of rotatable bonds is 4. The van der Waals surface area contributed by atoms with E-state index in [0.717, 1.165) is 37.5 Å². The van der Waals surface area contributed by atoms with Gasteiger partial charge in [0, 0.05) is 25.1 Å². The van der Waals surface area contributed by atoms with Gasteiger partial charge in [0.25, 0.3) is 0 Å². The summed E-state index contributed by atoms with van der Waals surface area (Å²) >= 11 is 0. The smallest absolute Gasteiger partial charge is 0.136 e. The van der Waals surface area contributed by atoms with Gasteiger partial charge in [-0.15, -0.1) is 0 Å². The Morgan fingerprint density at radius 2 is 2.33 bits per heavy atom. The first kappa shape index (κ1) is 10.6. The van der Waals surface area contributed by atoms with E-state index >= 15 is 0 Å². The predicted octanol–water partition coefficient (Wildman–Crippen LogP) is 1.08. The van der Waals surface area contributed by atoms with Crippen molar-refractivity contribution in [3.63, 3.8) is 0 Å². The predicted molar refractivity (Wildman–Crippen MR) is 58.6 cm³/mol. The molecule has 2 N–H and O–H groups in total. The fourth-order valence-corrected chi connectivity index (χ4v) is 1.88. The summed E-state index contributed by atoms with van der Waals surface area (Å²) in [5.41, 5.74) is 1.02. The fourth-order valence-electron chi connectivity index (χ4n) is 1.88. The lowest BCUT2D eigenvalue weighted by molar-refractivity contribution is 0.362. The van der Waals surface area contributed by atoms with Gasteiger partial charge in [0.1, 0.15) is 5.76 Å². The molecule has 15 heavy (non-hydrogen) atoms. The van der Waals surface area contributed by atoms with Crippen LogP contribution in [-0.2, 0) is 13.0 Å². The zero-order valence-electron chi connectivity index (χ0n) is 9.25. The Bertz CT molecular complexity index is 292. The summed E-state index contributed by atoms with van der Waals surface area (Å²) in [7, 11) is 0. The Hall–Kier alpha value is -0.870. The van der Waals surface area contributed by atoms with Crippen molar-refractivity contribution in [2.45, 2.75) is 38.8 Å². The largest absolute Gasteiger partial charge is 0.361 e. The summed E-state index contributed by atoms with van der Waals surface area (Å²) in [6, 6.07) is 2.67. The molecular formula is C11H19N3O. The Balaban J connectivity index is 1.76. The Labute approximate surface area is 90.4 Å². The number of hydrogen-bond donors (Lipinski definition) is 2. The molecule has 1 fully saturated rings. The van der Waals surface area contributed by atoms with Gasteiger partial charge < -0.3 is 15.2 Å². The van der Waals surface area contributed by atoms with Crippen molar-refractivity contribution < 1.29 is 4.52 Å². The van der Waals surface area contributed by atoms with Crippen molar-refractivity contribution >= 4 is 0 Å². The molecule has 0 atom stereocenters. The number of piperidine rings is 1. The van der Waals surface area contributed by atoms with E-state index in [2.05, 4.69) is 22.7 Å². The third kappa shape index (κ3) is 3.04. The highest BCUT2D eigenvalue weighted by molar-refractivity contribution is 5.04. The van der Waals surface area contributed by atoms with Crippen LogP contribution in [0.1, 0.15) is 31.2 Å². The minimum atomic E-state index is 0.632. The lowest BCUT2D eigenvalue weighted by atomic mass is 10.1. The minimum Gasteiger partial charge on any atom is -0.361 e. The second kappa shape index (κ2) is 5.28. The van der Waals surface area contributed by atoms with Crippen LogP contribution in [-0.4, -0.2) is 24.3 Å². The third-order valence-corrected chi connectivity index (χ3v) is 2.87. The third-order valence-electron chi connectivity index (χ3n) is 2.87. The molecule has 2 heterocycles. The monoisotopic (exact) mass is 209 g/mol. The highest BCUT2D eigenvalue weighted by atomic mass is 16.5. The lowest BCUT2D eigenvalue weighted by Crippen LogP contribution is -2.39. The van der Waals surface area contributed by atoms with Gasteiger partial charge in [0.2, 0.25) is 0 Å². The fraction of sp³-hybridized carbons (Fsp3) is 0.727. The lowest BCUT2D eigenvalue weighted by Gasteiger charge is -2.23. The van der Waals surface area contributed by atoms with Gasteiger partial charge in [-0.3, -0.25) is 0 Å². The van der Waals surface area contributed by atoms with Crippen LogP contribution in [0, 0.1) is 0 Å². The molecule has 0 radical (unpaired) electrons. The summed E-state index contributed by atoms with van der Waals surface area (Å²) in [5.74, 6) is 0.970. The quantitative estimate of drug-likeness (QED) is 0.779. The van der Waals surface area contributed by atoms with E-state index in [4.69, 9.17) is 4.52 Å². The van der Waals surface area contributed by atoms with Crippen molar-refractivity contribution in [1.82, 2.24) is 15.8 Å². The molecule has 0 amide bonds. The van der Waals surface area contributed by atoms with Gasteiger partial charge in [-0.05, 0) is 25.9 Å². The molecule has 1 aliphatic rings. The van der Waals surface area contributed by atoms with Crippen LogP contribution in [0.3, 0.4) is 0 Å². The minimum absolute atomic E-state index is 0.632. The van der Waals surface area contributed by atoms with Crippen molar-refractivity contribution in [2.75, 3.05) is 13.1 Å². The van der Waals surface area contributed by atoms with Gasteiger partial charge in [0.15, 0.2) is 0 Å². The summed E-state index contributed by atoms with van der Waals surface area (Å²) in [5, 5.41) is 10.9. The molecule has 4 heteroatoms. The maximum Gasteiger partial charge on any atom is 0.136 e. The molecule has 1 saturated heterocycles. The van der Waals surface area contributed by atoms with Crippen molar-refractivity contribution in [3.8, 4) is 0 Å². The molecule has 1 aliphatic heterocycles. The Morgan fingerprint density at radius 3 is 3.00 bits per heavy atom. The summed E-state index contributed by atoms with van der Waals surface area (Å²) < 4.78 is 5.15. The van der Waals surface area contributed by atoms with Crippen LogP contribution in [0.25, 0.3) is 0 Å².